The van der Waals surface area contributed by atoms with E-state index in [1.165, 1.54) is 23.1 Å². The molecule has 0 bridgehead atoms. The Hall–Kier alpha value is -3.04. The maximum atomic E-state index is 12.9. The molecule has 7 nitrogen and oxygen atoms in total. The van der Waals surface area contributed by atoms with Crippen molar-refractivity contribution in [1.82, 2.24) is 19.5 Å². The van der Waals surface area contributed by atoms with Crippen LogP contribution in [0.1, 0.15) is 35.2 Å². The third-order valence-electron chi connectivity index (χ3n) is 5.64. The van der Waals surface area contributed by atoms with E-state index in [1.807, 2.05) is 31.2 Å². The predicted molar refractivity (Wildman–Crippen MR) is 132 cm³/mol. The molecule has 0 spiro atoms. The minimum atomic E-state index is -0.274. The van der Waals surface area contributed by atoms with Crippen molar-refractivity contribution >= 4 is 44.4 Å². The van der Waals surface area contributed by atoms with Crippen LogP contribution in [0.2, 0.25) is 0 Å². The van der Waals surface area contributed by atoms with Gasteiger partial charge in [-0.3, -0.25) is 14.3 Å². The summed E-state index contributed by atoms with van der Waals surface area (Å²) in [6, 6.07) is 9.87. The quantitative estimate of drug-likeness (QED) is 0.330. The number of thioether (sulfide) groups is 1. The highest BCUT2D eigenvalue weighted by molar-refractivity contribution is 8.00. The third kappa shape index (κ3) is 4.84. The van der Waals surface area contributed by atoms with Crippen molar-refractivity contribution in [1.29, 1.82) is 0 Å². The number of aryl methyl sites for hydroxylation is 1. The van der Waals surface area contributed by atoms with Gasteiger partial charge < -0.3 is 5.32 Å². The van der Waals surface area contributed by atoms with Gasteiger partial charge in [0, 0.05) is 23.7 Å². The molecule has 3 aromatic heterocycles. The Balaban J connectivity index is 1.33. The first-order valence-corrected chi connectivity index (χ1v) is 12.7. The number of nitrogens with zero attached hydrogens (tertiary/aromatic N) is 4. The Labute approximate surface area is 199 Å². The fourth-order valence-electron chi connectivity index (χ4n) is 4.08. The summed E-state index contributed by atoms with van der Waals surface area (Å²) in [6.45, 7) is 2.50. The van der Waals surface area contributed by atoms with Crippen LogP contribution in [0.25, 0.3) is 10.2 Å². The maximum Gasteiger partial charge on any atom is 0.349 e. The van der Waals surface area contributed by atoms with Crippen LogP contribution in [0.5, 0.6) is 0 Å². The topological polar surface area (TPSA) is 89.8 Å². The highest BCUT2D eigenvalue weighted by Gasteiger charge is 2.21. The van der Waals surface area contributed by atoms with E-state index in [2.05, 4.69) is 26.3 Å². The highest BCUT2D eigenvalue weighted by Crippen LogP contribution is 2.30. The Bertz CT molecular complexity index is 1380. The zero-order chi connectivity index (χ0) is 22.8. The van der Waals surface area contributed by atoms with Crippen molar-refractivity contribution < 1.29 is 4.79 Å². The van der Waals surface area contributed by atoms with E-state index in [4.69, 9.17) is 0 Å². The predicted octanol–water partition coefficient (Wildman–Crippen LogP) is 4.21. The van der Waals surface area contributed by atoms with Crippen molar-refractivity contribution in [2.24, 2.45) is 0 Å². The second-order valence-electron chi connectivity index (χ2n) is 8.11. The number of aromatic nitrogens is 4. The minimum absolute atomic E-state index is 0.151. The van der Waals surface area contributed by atoms with Gasteiger partial charge in [0.25, 0.3) is 0 Å². The average molecular weight is 478 g/mol. The molecule has 1 amide bonds. The first-order chi connectivity index (χ1) is 16.1. The molecule has 0 saturated carbocycles. The number of hydrogen-bond donors (Lipinski definition) is 1. The molecule has 1 aliphatic rings. The minimum Gasteiger partial charge on any atom is -0.301 e. The molecule has 1 aromatic carbocycles. The summed E-state index contributed by atoms with van der Waals surface area (Å²) in [7, 11) is 0. The monoisotopic (exact) mass is 477 g/mol. The first-order valence-electron chi connectivity index (χ1n) is 10.9. The molecule has 0 unspecified atom stereocenters. The molecule has 0 fully saturated rings. The van der Waals surface area contributed by atoms with Crippen molar-refractivity contribution in [3.05, 3.63) is 75.6 Å². The van der Waals surface area contributed by atoms with Crippen molar-refractivity contribution in [2.45, 2.75) is 44.2 Å². The van der Waals surface area contributed by atoms with Gasteiger partial charge in [0.05, 0.1) is 22.5 Å². The van der Waals surface area contributed by atoms with E-state index < -0.39 is 0 Å². The van der Waals surface area contributed by atoms with E-state index in [0.717, 1.165) is 58.3 Å². The standard InChI is InChI=1S/C24H23N5O2S2/c1-15-8-9-18-20(11-15)33-23(26-18)27-21(30)14-32-22-17-6-2-3-7-19(17)29(24(31)28-22)13-16-5-4-10-25-12-16/h4-5,8-12H,2-3,6-7,13-14H2,1H3,(H,26,27,30). The number of rotatable bonds is 6. The van der Waals surface area contributed by atoms with Gasteiger partial charge in [0.15, 0.2) is 5.13 Å². The molecule has 33 heavy (non-hydrogen) atoms. The van der Waals surface area contributed by atoms with Gasteiger partial charge in [-0.1, -0.05) is 35.2 Å². The second-order valence-corrected chi connectivity index (χ2v) is 10.1. The number of anilines is 1. The van der Waals surface area contributed by atoms with Crippen LogP contribution in [0.3, 0.4) is 0 Å². The molecular weight excluding hydrogens is 454 g/mol. The third-order valence-corrected chi connectivity index (χ3v) is 7.60. The number of amides is 1. The smallest absolute Gasteiger partial charge is 0.301 e. The van der Waals surface area contributed by atoms with Gasteiger partial charge in [-0.15, -0.1) is 0 Å². The van der Waals surface area contributed by atoms with Crippen molar-refractivity contribution in [3.63, 3.8) is 0 Å². The zero-order valence-corrected chi connectivity index (χ0v) is 19.8. The molecular formula is C24H23N5O2S2. The lowest BCUT2D eigenvalue weighted by molar-refractivity contribution is -0.113. The van der Waals surface area contributed by atoms with Crippen molar-refractivity contribution in [2.75, 3.05) is 11.1 Å². The number of pyridine rings is 1. The molecule has 0 radical (unpaired) electrons. The molecule has 1 N–H and O–H groups in total. The van der Waals surface area contributed by atoms with E-state index in [1.54, 1.807) is 17.0 Å². The summed E-state index contributed by atoms with van der Waals surface area (Å²) in [5.41, 5.74) is 4.87. The lowest BCUT2D eigenvalue weighted by Gasteiger charge is -2.22. The summed E-state index contributed by atoms with van der Waals surface area (Å²) in [6.07, 6.45) is 7.32. The van der Waals surface area contributed by atoms with Crippen LogP contribution in [-0.4, -0.2) is 31.2 Å². The number of nitrogens with one attached hydrogen (secondary N) is 1. The number of benzene rings is 1. The maximum absolute atomic E-state index is 12.9. The van der Waals surface area contributed by atoms with Crippen LogP contribution in [0, 0.1) is 6.92 Å². The van der Waals surface area contributed by atoms with Gasteiger partial charge in [-0.25, -0.2) is 9.78 Å². The average Bonchev–Trinajstić information content (AvgIpc) is 3.21. The summed E-state index contributed by atoms with van der Waals surface area (Å²) in [4.78, 5) is 38.5. The second kappa shape index (κ2) is 9.44. The summed E-state index contributed by atoms with van der Waals surface area (Å²) in [5.74, 6) is 0.0298. The fourth-order valence-corrected chi connectivity index (χ4v) is 5.94. The van der Waals surface area contributed by atoms with Gasteiger partial charge in [0.1, 0.15) is 5.03 Å². The lowest BCUT2D eigenvalue weighted by atomic mass is 9.97. The Kier molecular flexibility index (Phi) is 6.24. The largest absolute Gasteiger partial charge is 0.349 e. The molecule has 9 heteroatoms. The first kappa shape index (κ1) is 21.8. The highest BCUT2D eigenvalue weighted by atomic mass is 32.2. The van der Waals surface area contributed by atoms with Crippen LogP contribution >= 0.6 is 23.1 Å². The Morgan fingerprint density at radius 2 is 2.09 bits per heavy atom. The fraction of sp³-hybridized carbons (Fsp3) is 0.292. The Morgan fingerprint density at radius 1 is 1.21 bits per heavy atom. The summed E-state index contributed by atoms with van der Waals surface area (Å²) in [5, 5.41) is 4.15. The summed E-state index contributed by atoms with van der Waals surface area (Å²) >= 11 is 2.79. The zero-order valence-electron chi connectivity index (χ0n) is 18.2. The van der Waals surface area contributed by atoms with Gasteiger partial charge in [0.2, 0.25) is 5.91 Å². The number of carbonyl (C=O) groups excluding carboxylic acids is 1. The number of thiazole rings is 1. The molecule has 5 rings (SSSR count). The van der Waals surface area contributed by atoms with E-state index in [-0.39, 0.29) is 17.3 Å². The van der Waals surface area contributed by atoms with Crippen LogP contribution < -0.4 is 11.0 Å². The van der Waals surface area contributed by atoms with Gasteiger partial charge in [-0.2, -0.15) is 4.98 Å². The molecule has 1 aliphatic carbocycles. The molecule has 168 valence electrons. The van der Waals surface area contributed by atoms with Crippen LogP contribution in [0.4, 0.5) is 5.13 Å². The molecule has 0 aliphatic heterocycles. The number of fused-ring (bicyclic) bond motifs is 2. The molecule has 0 atom stereocenters. The van der Waals surface area contributed by atoms with Gasteiger partial charge >= 0.3 is 5.69 Å². The van der Waals surface area contributed by atoms with Crippen LogP contribution in [0.15, 0.2) is 52.5 Å². The lowest BCUT2D eigenvalue weighted by Crippen LogP contribution is -2.30. The molecule has 3 heterocycles. The molecule has 4 aromatic rings. The SMILES string of the molecule is Cc1ccc2nc(NC(=O)CSc3nc(=O)n(Cc4cccnc4)c4c3CCCC4)sc2c1. The number of hydrogen-bond acceptors (Lipinski definition) is 7. The van der Waals surface area contributed by atoms with E-state index in [9.17, 15) is 9.59 Å². The summed E-state index contributed by atoms with van der Waals surface area (Å²) < 4.78 is 2.81. The van der Waals surface area contributed by atoms with Gasteiger partial charge in [-0.05, 0) is 61.9 Å². The van der Waals surface area contributed by atoms with E-state index >= 15 is 0 Å². The number of carbonyl (C=O) groups is 1. The normalized spacial score (nSPS) is 13.1. The molecule has 0 saturated heterocycles. The van der Waals surface area contributed by atoms with Crippen molar-refractivity contribution in [3.8, 4) is 0 Å². The van der Waals surface area contributed by atoms with Crippen LogP contribution in [-0.2, 0) is 24.2 Å². The van der Waals surface area contributed by atoms with E-state index in [0.29, 0.717) is 16.7 Å². The Morgan fingerprint density at radius 3 is 2.94 bits per heavy atom.